The number of hydrogen-bond donors (Lipinski definition) is 1. The van der Waals surface area contributed by atoms with Gasteiger partial charge in [0.15, 0.2) is 0 Å². The van der Waals surface area contributed by atoms with Crippen LogP contribution in [0.15, 0.2) is 103 Å². The third kappa shape index (κ3) is 9.57. The predicted molar refractivity (Wildman–Crippen MR) is 176 cm³/mol. The first-order chi connectivity index (χ1) is 22.7. The van der Waals surface area contributed by atoms with Crippen molar-refractivity contribution in [2.24, 2.45) is 0 Å². The van der Waals surface area contributed by atoms with Crippen molar-refractivity contribution in [1.29, 1.82) is 0 Å². The molecule has 0 spiro atoms. The number of methoxy groups -OCH3 is 2. The molecule has 0 aromatic heterocycles. The normalized spacial score (nSPS) is 11.9. The molecular formula is C38H42O9. The van der Waals surface area contributed by atoms with Gasteiger partial charge >= 0.3 is 11.9 Å². The molecular weight excluding hydrogens is 600 g/mol. The van der Waals surface area contributed by atoms with Crippen LogP contribution < -0.4 is 14.2 Å². The van der Waals surface area contributed by atoms with E-state index in [2.05, 4.69) is 0 Å². The average Bonchev–Trinajstić information content (AvgIpc) is 3.09. The van der Waals surface area contributed by atoms with Crippen molar-refractivity contribution < 1.29 is 43.1 Å². The summed E-state index contributed by atoms with van der Waals surface area (Å²) in [5, 5.41) is 11.1. The summed E-state index contributed by atoms with van der Waals surface area (Å²) >= 11 is 0. The number of esters is 2. The maximum Gasteiger partial charge on any atom is 0.305 e. The van der Waals surface area contributed by atoms with Crippen molar-refractivity contribution in [2.45, 2.75) is 51.1 Å². The number of aliphatic hydroxyl groups excluding tert-OH is 1. The monoisotopic (exact) mass is 642 g/mol. The number of benzene rings is 4. The van der Waals surface area contributed by atoms with Gasteiger partial charge < -0.3 is 33.5 Å². The number of aliphatic hydroxyl groups is 1. The predicted octanol–water partition coefficient (Wildman–Crippen LogP) is 6.75. The summed E-state index contributed by atoms with van der Waals surface area (Å²) in [5.74, 6) is 0.968. The molecule has 9 heteroatoms. The Morgan fingerprint density at radius 3 is 1.64 bits per heavy atom. The summed E-state index contributed by atoms with van der Waals surface area (Å²) < 4.78 is 33.6. The van der Waals surface area contributed by atoms with Crippen LogP contribution in [-0.2, 0) is 29.4 Å². The summed E-state index contributed by atoms with van der Waals surface area (Å²) in [6.45, 7) is 3.04. The average molecular weight is 643 g/mol. The zero-order chi connectivity index (χ0) is 33.6. The van der Waals surface area contributed by atoms with Crippen LogP contribution >= 0.6 is 0 Å². The van der Waals surface area contributed by atoms with Crippen molar-refractivity contribution in [3.8, 4) is 17.2 Å². The molecule has 0 aliphatic carbocycles. The number of carbonyl (C=O) groups is 2. The Labute approximate surface area is 276 Å². The Morgan fingerprint density at radius 2 is 1.15 bits per heavy atom. The molecule has 248 valence electrons. The molecule has 0 aliphatic rings. The highest BCUT2D eigenvalue weighted by Gasteiger charge is 2.38. The molecule has 0 amide bonds. The lowest BCUT2D eigenvalue weighted by Crippen LogP contribution is -2.35. The van der Waals surface area contributed by atoms with Gasteiger partial charge in [-0.15, -0.1) is 0 Å². The number of rotatable bonds is 17. The molecule has 9 nitrogen and oxygen atoms in total. The van der Waals surface area contributed by atoms with Crippen LogP contribution in [0.3, 0.4) is 0 Å². The molecule has 4 aromatic carbocycles. The van der Waals surface area contributed by atoms with Gasteiger partial charge in [0.2, 0.25) is 0 Å². The fourth-order valence-corrected chi connectivity index (χ4v) is 5.23. The highest BCUT2D eigenvalue weighted by Crippen LogP contribution is 2.42. The highest BCUT2D eigenvalue weighted by atomic mass is 16.7. The van der Waals surface area contributed by atoms with E-state index in [1.165, 1.54) is 13.8 Å². The Kier molecular flexibility index (Phi) is 12.8. The lowest BCUT2D eigenvalue weighted by molar-refractivity contribution is -0.186. The Hall–Kier alpha value is -4.86. The first kappa shape index (κ1) is 35.0. The van der Waals surface area contributed by atoms with Gasteiger partial charge in [0.25, 0.3) is 6.29 Å². The largest absolute Gasteiger partial charge is 0.497 e. The number of unbranched alkanes of at least 4 members (excludes halogenated alkanes) is 1. The van der Waals surface area contributed by atoms with Gasteiger partial charge in [-0.2, -0.15) is 0 Å². The molecule has 47 heavy (non-hydrogen) atoms. The second kappa shape index (κ2) is 17.2. The first-order valence-electron chi connectivity index (χ1n) is 15.5. The van der Waals surface area contributed by atoms with E-state index in [9.17, 15) is 14.7 Å². The van der Waals surface area contributed by atoms with Crippen LogP contribution in [0, 0.1) is 0 Å². The lowest BCUT2D eigenvalue weighted by atomic mass is 9.80. The van der Waals surface area contributed by atoms with E-state index in [1.54, 1.807) is 38.5 Å². The Morgan fingerprint density at radius 1 is 0.660 bits per heavy atom. The fraction of sp³-hybridized carbons (Fsp3) is 0.316. The molecule has 0 saturated carbocycles. The molecule has 1 atom stereocenters. The van der Waals surface area contributed by atoms with E-state index in [0.717, 1.165) is 28.2 Å². The maximum atomic E-state index is 11.4. The van der Waals surface area contributed by atoms with Gasteiger partial charge in [-0.05, 0) is 84.5 Å². The van der Waals surface area contributed by atoms with Gasteiger partial charge in [0, 0.05) is 19.4 Å². The topological polar surface area (TPSA) is 110 Å². The zero-order valence-corrected chi connectivity index (χ0v) is 27.2. The highest BCUT2D eigenvalue weighted by molar-refractivity contribution is 5.68. The molecule has 1 unspecified atom stereocenters. The van der Waals surface area contributed by atoms with E-state index < -0.39 is 29.9 Å². The van der Waals surface area contributed by atoms with E-state index in [1.807, 2.05) is 78.9 Å². The molecule has 0 fully saturated rings. The third-order valence-electron chi connectivity index (χ3n) is 7.56. The summed E-state index contributed by atoms with van der Waals surface area (Å²) in [5.41, 5.74) is 2.23. The molecule has 1 N–H and O–H groups in total. The minimum Gasteiger partial charge on any atom is -0.497 e. The van der Waals surface area contributed by atoms with E-state index in [0.29, 0.717) is 37.2 Å². The standard InChI is InChI=1S/C38H42O9/c1-27(39)46-37(47-28(2)40)29-13-19-36(20-14-29)44-25-9-8-12-33(41)26-45-38(30-10-6-5-7-11-30,31-15-21-34(42-3)22-16-31)32-17-23-35(43-4)24-18-32/h5-7,10-11,13-24,33,37,41H,8-9,12,25-26H2,1-4H3. The van der Waals surface area contributed by atoms with Crippen LogP contribution in [0.4, 0.5) is 0 Å². The maximum absolute atomic E-state index is 11.4. The van der Waals surface area contributed by atoms with E-state index in [4.69, 9.17) is 28.4 Å². The summed E-state index contributed by atoms with van der Waals surface area (Å²) in [4.78, 5) is 22.8. The molecule has 0 heterocycles. The van der Waals surface area contributed by atoms with Crippen molar-refractivity contribution >= 4 is 11.9 Å². The summed E-state index contributed by atoms with van der Waals surface area (Å²) in [7, 11) is 3.26. The van der Waals surface area contributed by atoms with Crippen LogP contribution in [0.25, 0.3) is 0 Å². The molecule has 0 radical (unpaired) electrons. The Bertz CT molecular complexity index is 1470. The number of carbonyl (C=O) groups excluding carboxylic acids is 2. The number of hydrogen-bond acceptors (Lipinski definition) is 9. The first-order valence-corrected chi connectivity index (χ1v) is 15.5. The Balaban J connectivity index is 1.39. The van der Waals surface area contributed by atoms with Crippen LogP contribution in [0.1, 0.15) is 61.7 Å². The van der Waals surface area contributed by atoms with Crippen LogP contribution in [0.5, 0.6) is 17.2 Å². The molecule has 0 saturated heterocycles. The molecule has 4 aromatic rings. The smallest absolute Gasteiger partial charge is 0.305 e. The zero-order valence-electron chi connectivity index (χ0n) is 27.2. The van der Waals surface area contributed by atoms with Gasteiger partial charge in [0.05, 0.1) is 33.5 Å². The van der Waals surface area contributed by atoms with Crippen molar-refractivity contribution in [2.75, 3.05) is 27.4 Å². The summed E-state index contributed by atoms with van der Waals surface area (Å²) in [6.07, 6.45) is 0.118. The second-order valence-corrected chi connectivity index (χ2v) is 10.9. The van der Waals surface area contributed by atoms with E-state index >= 15 is 0 Å². The molecule has 4 rings (SSSR count). The summed E-state index contributed by atoms with van der Waals surface area (Å²) in [6, 6.07) is 32.3. The van der Waals surface area contributed by atoms with Crippen molar-refractivity contribution in [1.82, 2.24) is 0 Å². The second-order valence-electron chi connectivity index (χ2n) is 10.9. The SMILES string of the molecule is COc1ccc(C(OCC(O)CCCCOc2ccc(C(OC(C)=O)OC(C)=O)cc2)(c2ccccc2)c2ccc(OC)cc2)cc1. The number of ether oxygens (including phenoxy) is 6. The minimum atomic E-state index is -1.11. The van der Waals surface area contributed by atoms with Gasteiger partial charge in [-0.3, -0.25) is 9.59 Å². The lowest BCUT2D eigenvalue weighted by Gasteiger charge is -2.36. The third-order valence-corrected chi connectivity index (χ3v) is 7.56. The van der Waals surface area contributed by atoms with Crippen LogP contribution in [-0.4, -0.2) is 50.6 Å². The van der Waals surface area contributed by atoms with Crippen molar-refractivity contribution in [3.63, 3.8) is 0 Å². The molecule has 0 bridgehead atoms. The van der Waals surface area contributed by atoms with Crippen molar-refractivity contribution in [3.05, 3.63) is 125 Å². The quantitative estimate of drug-likeness (QED) is 0.0579. The van der Waals surface area contributed by atoms with Gasteiger partial charge in [0.1, 0.15) is 22.8 Å². The fourth-order valence-electron chi connectivity index (χ4n) is 5.23. The van der Waals surface area contributed by atoms with Gasteiger partial charge in [-0.1, -0.05) is 54.6 Å². The minimum absolute atomic E-state index is 0.0983. The van der Waals surface area contributed by atoms with Gasteiger partial charge in [-0.25, -0.2) is 0 Å². The molecule has 0 aliphatic heterocycles. The van der Waals surface area contributed by atoms with E-state index in [-0.39, 0.29) is 6.61 Å². The van der Waals surface area contributed by atoms with Crippen LogP contribution in [0.2, 0.25) is 0 Å².